The molecule has 0 aliphatic heterocycles. The third-order valence-electron chi connectivity index (χ3n) is 2.51. The van der Waals surface area contributed by atoms with E-state index in [1.807, 2.05) is 25.2 Å². The van der Waals surface area contributed by atoms with Gasteiger partial charge in [0.1, 0.15) is 0 Å². The molecular formula is C10H11ClN-. The van der Waals surface area contributed by atoms with Crippen LogP contribution in [0.15, 0.2) is 24.3 Å². The topological polar surface area (TPSA) is 14.1 Å². The van der Waals surface area contributed by atoms with Crippen molar-refractivity contribution in [2.75, 3.05) is 7.05 Å². The zero-order chi connectivity index (χ0) is 8.60. The maximum absolute atomic E-state index is 5.89. The van der Waals surface area contributed by atoms with Crippen molar-refractivity contribution in [3.05, 3.63) is 40.2 Å². The highest BCUT2D eigenvalue weighted by Gasteiger charge is 2.33. The Kier molecular flexibility index (Phi) is 1.85. The van der Waals surface area contributed by atoms with E-state index in [0.29, 0.717) is 0 Å². The van der Waals surface area contributed by atoms with Gasteiger partial charge in [-0.3, -0.25) is 0 Å². The molecule has 0 saturated heterocycles. The zero-order valence-corrected chi connectivity index (χ0v) is 7.80. The SMILES string of the molecule is C[N-]C1(c2cccc(Cl)c2)CC1. The maximum atomic E-state index is 5.89. The van der Waals surface area contributed by atoms with E-state index >= 15 is 0 Å². The van der Waals surface area contributed by atoms with E-state index in [-0.39, 0.29) is 5.54 Å². The van der Waals surface area contributed by atoms with Crippen molar-refractivity contribution in [3.63, 3.8) is 0 Å². The predicted octanol–water partition coefficient (Wildman–Crippen LogP) is 3.33. The van der Waals surface area contributed by atoms with Crippen LogP contribution in [0.3, 0.4) is 0 Å². The average molecular weight is 181 g/mol. The van der Waals surface area contributed by atoms with Crippen molar-refractivity contribution in [2.24, 2.45) is 0 Å². The van der Waals surface area contributed by atoms with E-state index in [9.17, 15) is 0 Å². The molecule has 1 saturated carbocycles. The fourth-order valence-corrected chi connectivity index (χ4v) is 1.73. The van der Waals surface area contributed by atoms with E-state index in [4.69, 9.17) is 11.6 Å². The molecule has 0 bridgehead atoms. The molecule has 12 heavy (non-hydrogen) atoms. The highest BCUT2D eigenvalue weighted by Crippen LogP contribution is 2.51. The van der Waals surface area contributed by atoms with Gasteiger partial charge in [-0.15, -0.1) is 0 Å². The van der Waals surface area contributed by atoms with E-state index in [2.05, 4.69) is 11.4 Å². The Morgan fingerprint density at radius 1 is 1.42 bits per heavy atom. The van der Waals surface area contributed by atoms with Crippen molar-refractivity contribution < 1.29 is 0 Å². The molecule has 1 aliphatic rings. The van der Waals surface area contributed by atoms with E-state index in [0.717, 1.165) is 5.02 Å². The van der Waals surface area contributed by atoms with Crippen LogP contribution in [0.1, 0.15) is 18.4 Å². The van der Waals surface area contributed by atoms with Crippen LogP contribution in [0.2, 0.25) is 5.02 Å². The van der Waals surface area contributed by atoms with Gasteiger partial charge < -0.3 is 5.32 Å². The summed E-state index contributed by atoms with van der Waals surface area (Å²) in [5, 5.41) is 5.19. The van der Waals surface area contributed by atoms with E-state index in [1.165, 1.54) is 18.4 Å². The smallest absolute Gasteiger partial charge is 0.0408 e. The minimum absolute atomic E-state index is 0.116. The minimum Gasteiger partial charge on any atom is -0.656 e. The molecule has 0 atom stereocenters. The Morgan fingerprint density at radius 2 is 2.17 bits per heavy atom. The third-order valence-corrected chi connectivity index (χ3v) is 2.75. The molecule has 0 amide bonds. The van der Waals surface area contributed by atoms with Gasteiger partial charge in [0.15, 0.2) is 0 Å². The first-order chi connectivity index (χ1) is 5.77. The summed E-state index contributed by atoms with van der Waals surface area (Å²) in [6, 6.07) is 8.01. The Labute approximate surface area is 77.7 Å². The molecule has 0 spiro atoms. The van der Waals surface area contributed by atoms with Crippen LogP contribution in [0.5, 0.6) is 0 Å². The zero-order valence-electron chi connectivity index (χ0n) is 7.05. The molecule has 1 fully saturated rings. The van der Waals surface area contributed by atoms with Gasteiger partial charge in [0.05, 0.1) is 0 Å². The molecule has 0 aromatic heterocycles. The lowest BCUT2D eigenvalue weighted by molar-refractivity contribution is 0.840. The first-order valence-electron chi connectivity index (χ1n) is 4.14. The Morgan fingerprint density at radius 3 is 2.67 bits per heavy atom. The number of rotatable bonds is 2. The number of hydrogen-bond donors (Lipinski definition) is 0. The average Bonchev–Trinajstić information content (AvgIpc) is 2.84. The molecule has 2 rings (SSSR count). The summed E-state index contributed by atoms with van der Waals surface area (Å²) >= 11 is 5.89. The van der Waals surface area contributed by atoms with Gasteiger partial charge in [-0.2, -0.15) is 7.05 Å². The van der Waals surface area contributed by atoms with E-state index in [1.54, 1.807) is 0 Å². The van der Waals surface area contributed by atoms with Crippen LogP contribution < -0.4 is 0 Å². The number of hydrogen-bond acceptors (Lipinski definition) is 0. The lowest BCUT2D eigenvalue weighted by atomic mass is 10.1. The summed E-state index contributed by atoms with van der Waals surface area (Å²) in [6.07, 6.45) is 2.34. The fourth-order valence-electron chi connectivity index (χ4n) is 1.54. The lowest BCUT2D eigenvalue weighted by Crippen LogP contribution is -2.02. The highest BCUT2D eigenvalue weighted by molar-refractivity contribution is 6.30. The van der Waals surface area contributed by atoms with Crippen LogP contribution in [-0.4, -0.2) is 7.05 Å². The Balaban J connectivity index is 2.34. The minimum atomic E-state index is 0.116. The molecule has 64 valence electrons. The molecule has 0 heterocycles. The number of benzene rings is 1. The standard InChI is InChI=1S/C10H11ClN/c1-12-10(5-6-10)8-3-2-4-9(11)7-8/h2-4,7H,5-6H2,1H3/q-1. The van der Waals surface area contributed by atoms with Crippen molar-refractivity contribution in [1.29, 1.82) is 0 Å². The molecule has 0 unspecified atom stereocenters. The van der Waals surface area contributed by atoms with Gasteiger partial charge in [-0.05, 0) is 12.1 Å². The van der Waals surface area contributed by atoms with Crippen molar-refractivity contribution >= 4 is 11.6 Å². The van der Waals surface area contributed by atoms with Crippen molar-refractivity contribution in [1.82, 2.24) is 0 Å². The summed E-state index contributed by atoms with van der Waals surface area (Å²) in [5.41, 5.74) is 1.38. The number of halogens is 1. The Bertz CT molecular complexity index is 292. The van der Waals surface area contributed by atoms with Crippen LogP contribution in [0.4, 0.5) is 0 Å². The predicted molar refractivity (Wildman–Crippen MR) is 51.6 cm³/mol. The van der Waals surface area contributed by atoms with Crippen LogP contribution >= 0.6 is 11.6 Å². The van der Waals surface area contributed by atoms with Gasteiger partial charge >= 0.3 is 0 Å². The van der Waals surface area contributed by atoms with Crippen molar-refractivity contribution in [3.8, 4) is 0 Å². The van der Waals surface area contributed by atoms with Gasteiger partial charge in [0.25, 0.3) is 0 Å². The first-order valence-corrected chi connectivity index (χ1v) is 4.52. The molecule has 1 aliphatic carbocycles. The molecule has 1 nitrogen and oxygen atoms in total. The highest BCUT2D eigenvalue weighted by atomic mass is 35.5. The molecule has 1 aromatic carbocycles. The van der Waals surface area contributed by atoms with Gasteiger partial charge in [-0.1, -0.05) is 47.7 Å². The van der Waals surface area contributed by atoms with Gasteiger partial charge in [-0.25, -0.2) is 0 Å². The van der Waals surface area contributed by atoms with Crippen LogP contribution in [0, 0.1) is 0 Å². The largest absolute Gasteiger partial charge is 0.656 e. The van der Waals surface area contributed by atoms with E-state index < -0.39 is 0 Å². The van der Waals surface area contributed by atoms with Gasteiger partial charge in [0.2, 0.25) is 0 Å². The monoisotopic (exact) mass is 180 g/mol. The summed E-state index contributed by atoms with van der Waals surface area (Å²) < 4.78 is 0. The van der Waals surface area contributed by atoms with Crippen LogP contribution in [0.25, 0.3) is 5.32 Å². The maximum Gasteiger partial charge on any atom is 0.0408 e. The second-order valence-electron chi connectivity index (χ2n) is 3.27. The normalized spacial score (nSPS) is 19.2. The summed E-state index contributed by atoms with van der Waals surface area (Å²) in [5.74, 6) is 0. The molecule has 1 aromatic rings. The summed E-state index contributed by atoms with van der Waals surface area (Å²) in [4.78, 5) is 0. The second-order valence-corrected chi connectivity index (χ2v) is 3.70. The summed E-state index contributed by atoms with van der Waals surface area (Å²) in [6.45, 7) is 0. The van der Waals surface area contributed by atoms with Gasteiger partial charge in [0, 0.05) is 5.02 Å². The first kappa shape index (κ1) is 8.09. The van der Waals surface area contributed by atoms with Crippen molar-refractivity contribution in [2.45, 2.75) is 18.4 Å². The number of nitrogens with zero attached hydrogens (tertiary/aromatic N) is 1. The molecule has 0 radical (unpaired) electrons. The Hall–Kier alpha value is -0.530. The summed E-state index contributed by atoms with van der Waals surface area (Å²) in [7, 11) is 1.88. The quantitative estimate of drug-likeness (QED) is 0.663. The van der Waals surface area contributed by atoms with Crippen LogP contribution in [-0.2, 0) is 5.54 Å². The molecular weight excluding hydrogens is 170 g/mol. The lowest BCUT2D eigenvalue weighted by Gasteiger charge is -2.28. The molecule has 0 N–H and O–H groups in total. The molecule has 2 heteroatoms. The third kappa shape index (κ3) is 1.23. The second kappa shape index (κ2) is 2.75. The fraction of sp³-hybridized carbons (Fsp3) is 0.400.